The molecule has 13 heteroatoms. The number of rotatable bonds is 9. The van der Waals surface area contributed by atoms with Gasteiger partial charge in [0.05, 0.1) is 29.8 Å². The zero-order valence-corrected chi connectivity index (χ0v) is 25.3. The summed E-state index contributed by atoms with van der Waals surface area (Å²) in [6.07, 6.45) is -0.937. The van der Waals surface area contributed by atoms with E-state index in [1.165, 1.54) is 18.2 Å². The van der Waals surface area contributed by atoms with Crippen LogP contribution in [0.5, 0.6) is 0 Å². The van der Waals surface area contributed by atoms with E-state index in [0.29, 0.717) is 16.1 Å². The van der Waals surface area contributed by atoms with E-state index < -0.39 is 57.9 Å². The van der Waals surface area contributed by atoms with Gasteiger partial charge in [0, 0.05) is 11.4 Å². The third-order valence-corrected chi connectivity index (χ3v) is 8.61. The molecule has 0 saturated heterocycles. The molecule has 0 aromatic heterocycles. The number of carbonyl (C=O) groups is 4. The molecule has 1 aliphatic heterocycles. The zero-order valence-electron chi connectivity index (χ0n) is 23.7. The lowest BCUT2D eigenvalue weighted by molar-refractivity contribution is -0.155. The summed E-state index contributed by atoms with van der Waals surface area (Å²) in [4.78, 5) is 50.9. The van der Waals surface area contributed by atoms with Crippen LogP contribution in [-0.2, 0) is 38.7 Å². The second-order valence-electron chi connectivity index (χ2n) is 10.7. The van der Waals surface area contributed by atoms with Crippen molar-refractivity contribution in [3.05, 3.63) is 52.5 Å². The average molecular weight is 608 g/mol. The summed E-state index contributed by atoms with van der Waals surface area (Å²) >= 11 is 6.19. The van der Waals surface area contributed by atoms with Crippen LogP contribution in [0.4, 0.5) is 11.4 Å². The van der Waals surface area contributed by atoms with E-state index in [0.717, 1.165) is 11.4 Å². The monoisotopic (exact) mass is 607 g/mol. The Hall–Kier alpha value is -3.64. The van der Waals surface area contributed by atoms with Gasteiger partial charge in [-0.1, -0.05) is 23.7 Å². The molecule has 1 aliphatic rings. The number of anilines is 2. The van der Waals surface area contributed by atoms with Crippen molar-refractivity contribution < 1.29 is 37.1 Å². The number of nitrogens with one attached hydrogen (secondary N) is 2. The van der Waals surface area contributed by atoms with Gasteiger partial charge >= 0.3 is 11.9 Å². The van der Waals surface area contributed by atoms with E-state index in [2.05, 4.69) is 10.6 Å². The van der Waals surface area contributed by atoms with Gasteiger partial charge in [0.15, 0.2) is 0 Å². The molecule has 2 atom stereocenters. The first-order valence-corrected chi connectivity index (χ1v) is 14.7. The number of esters is 2. The highest BCUT2D eigenvalue weighted by Gasteiger charge is 2.43. The van der Waals surface area contributed by atoms with Gasteiger partial charge in [0.1, 0.15) is 17.7 Å². The molecule has 0 spiro atoms. The molecule has 1 heterocycles. The highest BCUT2D eigenvalue weighted by Crippen LogP contribution is 2.38. The fourth-order valence-corrected chi connectivity index (χ4v) is 6.49. The Bertz CT molecular complexity index is 1470. The third-order valence-electron chi connectivity index (χ3n) is 6.23. The quantitative estimate of drug-likeness (QED) is 0.411. The lowest BCUT2D eigenvalue weighted by atomic mass is 10.1. The van der Waals surface area contributed by atoms with Crippen LogP contribution in [-0.4, -0.2) is 57.0 Å². The summed E-state index contributed by atoms with van der Waals surface area (Å²) in [5.41, 5.74) is 0.574. The highest BCUT2D eigenvalue weighted by molar-refractivity contribution is 7.93. The van der Waals surface area contributed by atoms with E-state index >= 15 is 0 Å². The van der Waals surface area contributed by atoms with E-state index in [4.69, 9.17) is 21.1 Å². The molecule has 3 rings (SSSR count). The van der Waals surface area contributed by atoms with E-state index in [9.17, 15) is 27.6 Å². The molecule has 0 saturated carbocycles. The Morgan fingerprint density at radius 1 is 1.12 bits per heavy atom. The van der Waals surface area contributed by atoms with Crippen LogP contribution in [0.1, 0.15) is 51.2 Å². The Labute approximate surface area is 244 Å². The fourth-order valence-electron chi connectivity index (χ4n) is 4.35. The molecular weight excluding hydrogens is 574 g/mol. The SMILES string of the molecule is COC(=O)C(CCC(=O)OC(C)(C)C)NC(=O)CC1C(=O)Nc2ccccc2N1S(=O)(=O)c1cc(C)c(Cl)cc1C. The number of hydrogen-bond acceptors (Lipinski definition) is 8. The number of fused-ring (bicyclic) bond motifs is 1. The number of aryl methyl sites for hydroxylation is 2. The molecule has 2 unspecified atom stereocenters. The van der Waals surface area contributed by atoms with Gasteiger partial charge in [0.25, 0.3) is 10.0 Å². The first-order valence-electron chi connectivity index (χ1n) is 12.8. The van der Waals surface area contributed by atoms with Crippen molar-refractivity contribution in [2.24, 2.45) is 0 Å². The molecule has 41 heavy (non-hydrogen) atoms. The Morgan fingerprint density at radius 3 is 2.41 bits per heavy atom. The van der Waals surface area contributed by atoms with Crippen molar-refractivity contribution in [3.63, 3.8) is 0 Å². The molecule has 11 nitrogen and oxygen atoms in total. The zero-order chi connectivity index (χ0) is 30.7. The van der Waals surface area contributed by atoms with E-state index in [-0.39, 0.29) is 29.1 Å². The smallest absolute Gasteiger partial charge is 0.328 e. The molecule has 0 bridgehead atoms. The summed E-state index contributed by atoms with van der Waals surface area (Å²) < 4.78 is 39.1. The molecule has 2 N–H and O–H groups in total. The minimum atomic E-state index is -4.38. The number of carbonyl (C=O) groups excluding carboxylic acids is 4. The third kappa shape index (κ3) is 7.56. The number of halogens is 1. The van der Waals surface area contributed by atoms with Crippen molar-refractivity contribution in [2.75, 3.05) is 16.7 Å². The molecule has 0 fully saturated rings. The number of para-hydroxylation sites is 2. The Morgan fingerprint density at radius 2 is 1.78 bits per heavy atom. The Balaban J connectivity index is 1.93. The predicted octanol–water partition coefficient (Wildman–Crippen LogP) is 3.64. The standard InChI is InChI=1S/C28H34ClN3O8S/c1-16-14-23(17(2)13-18(16)29)41(37,38)32-21-10-8-7-9-19(21)31-26(35)22(32)15-24(33)30-20(27(36)39-6)11-12-25(34)40-28(3,4)5/h7-10,13-14,20,22H,11-12,15H2,1-6H3,(H,30,33)(H,31,35). The normalized spacial score (nSPS) is 15.8. The first kappa shape index (κ1) is 31.9. The van der Waals surface area contributed by atoms with Crippen molar-refractivity contribution in [3.8, 4) is 0 Å². The number of ether oxygens (including phenoxy) is 2. The van der Waals surface area contributed by atoms with Gasteiger partial charge in [-0.3, -0.25) is 18.7 Å². The number of methoxy groups -OCH3 is 1. The van der Waals surface area contributed by atoms with Crippen molar-refractivity contribution >= 4 is 56.8 Å². The number of nitrogens with zero attached hydrogens (tertiary/aromatic N) is 1. The minimum Gasteiger partial charge on any atom is -0.467 e. The number of hydrogen-bond donors (Lipinski definition) is 2. The molecule has 0 aliphatic carbocycles. The second-order valence-corrected chi connectivity index (χ2v) is 12.9. The summed E-state index contributed by atoms with van der Waals surface area (Å²) in [7, 11) is -3.25. The predicted molar refractivity (Wildman–Crippen MR) is 153 cm³/mol. The van der Waals surface area contributed by atoms with E-state index in [1.807, 2.05) is 0 Å². The summed E-state index contributed by atoms with van der Waals surface area (Å²) in [6, 6.07) is 6.54. The first-order chi connectivity index (χ1) is 19.0. The lowest BCUT2D eigenvalue weighted by Crippen LogP contribution is -2.54. The van der Waals surface area contributed by atoms with Gasteiger partial charge in [-0.15, -0.1) is 0 Å². The van der Waals surface area contributed by atoms with Crippen LogP contribution in [0.15, 0.2) is 41.3 Å². The lowest BCUT2D eigenvalue weighted by Gasteiger charge is -2.37. The van der Waals surface area contributed by atoms with Crippen molar-refractivity contribution in [2.45, 2.75) is 76.5 Å². The van der Waals surface area contributed by atoms with E-state index in [1.54, 1.807) is 52.8 Å². The average Bonchev–Trinajstić information content (AvgIpc) is 2.87. The van der Waals surface area contributed by atoms with Crippen LogP contribution in [0.3, 0.4) is 0 Å². The minimum absolute atomic E-state index is 0.0703. The van der Waals surface area contributed by atoms with Crippen LogP contribution in [0.2, 0.25) is 5.02 Å². The molecule has 222 valence electrons. The largest absolute Gasteiger partial charge is 0.467 e. The molecule has 2 aromatic carbocycles. The maximum atomic E-state index is 14.1. The van der Waals surface area contributed by atoms with Gasteiger partial charge in [-0.05, 0) is 76.4 Å². The van der Waals surface area contributed by atoms with Crippen LogP contribution in [0, 0.1) is 13.8 Å². The molecule has 0 radical (unpaired) electrons. The van der Waals surface area contributed by atoms with Gasteiger partial charge in [-0.25, -0.2) is 13.2 Å². The number of benzene rings is 2. The van der Waals surface area contributed by atoms with Crippen LogP contribution in [0.25, 0.3) is 0 Å². The van der Waals surface area contributed by atoms with Crippen LogP contribution >= 0.6 is 11.6 Å². The molecule has 2 aromatic rings. The maximum absolute atomic E-state index is 14.1. The van der Waals surface area contributed by atoms with Crippen LogP contribution < -0.4 is 14.9 Å². The van der Waals surface area contributed by atoms with Gasteiger partial charge < -0.3 is 20.1 Å². The number of amides is 2. The van der Waals surface area contributed by atoms with Crippen molar-refractivity contribution in [1.82, 2.24) is 5.32 Å². The maximum Gasteiger partial charge on any atom is 0.328 e. The highest BCUT2D eigenvalue weighted by atomic mass is 35.5. The van der Waals surface area contributed by atoms with Gasteiger partial charge in [0.2, 0.25) is 11.8 Å². The second kappa shape index (κ2) is 12.5. The fraction of sp³-hybridized carbons (Fsp3) is 0.429. The topological polar surface area (TPSA) is 148 Å². The molecule has 2 amide bonds. The van der Waals surface area contributed by atoms with Gasteiger partial charge in [-0.2, -0.15) is 0 Å². The summed E-state index contributed by atoms with van der Waals surface area (Å²) in [5, 5.41) is 5.52. The summed E-state index contributed by atoms with van der Waals surface area (Å²) in [6.45, 7) is 8.34. The molecular formula is C28H34ClN3O8S. The number of sulfonamides is 1. The summed E-state index contributed by atoms with van der Waals surface area (Å²) in [5.74, 6) is -2.91. The van der Waals surface area contributed by atoms with Crippen molar-refractivity contribution in [1.29, 1.82) is 0 Å². The Kier molecular flexibility index (Phi) is 9.70.